The summed E-state index contributed by atoms with van der Waals surface area (Å²) >= 11 is 1.80. The molecule has 3 nitrogen and oxygen atoms in total. The summed E-state index contributed by atoms with van der Waals surface area (Å²) in [4.78, 5) is 1.38. The lowest BCUT2D eigenvalue weighted by atomic mass is 10.0. The van der Waals surface area contributed by atoms with E-state index in [4.69, 9.17) is 0 Å². The van der Waals surface area contributed by atoms with E-state index >= 15 is 0 Å². The Morgan fingerprint density at radius 3 is 2.89 bits per heavy atom. The normalized spacial score (nSPS) is 13.0. The topological polar surface area (TPSA) is 40.7 Å². The van der Waals surface area contributed by atoms with Gasteiger partial charge in [0.05, 0.1) is 17.8 Å². The van der Waals surface area contributed by atoms with Crippen LogP contribution in [-0.2, 0) is 0 Å². The Balaban J connectivity index is 1.89. The van der Waals surface area contributed by atoms with E-state index in [-0.39, 0.29) is 0 Å². The lowest BCUT2D eigenvalue weighted by Crippen LogP contribution is -2.15. The summed E-state index contributed by atoms with van der Waals surface area (Å²) < 4.78 is 0. The van der Waals surface area contributed by atoms with Gasteiger partial charge in [0.15, 0.2) is 0 Å². The monoisotopic (exact) mass is 271 g/mol. The van der Waals surface area contributed by atoms with Gasteiger partial charge in [-0.2, -0.15) is 5.10 Å². The zero-order valence-electron chi connectivity index (χ0n) is 11.1. The highest BCUT2D eigenvalue weighted by Gasteiger charge is 2.16. The number of fused-ring (bicyclic) bond motifs is 1. The molecule has 0 saturated heterocycles. The average Bonchev–Trinajstić information content (AvgIpc) is 3.06. The lowest BCUT2D eigenvalue weighted by Gasteiger charge is -2.22. The number of aromatic amines is 1. The van der Waals surface area contributed by atoms with Crippen LogP contribution in [0.4, 0.5) is 5.69 Å². The molecule has 1 unspecified atom stereocenters. The summed E-state index contributed by atoms with van der Waals surface area (Å²) in [5, 5.41) is 13.9. The van der Waals surface area contributed by atoms with Crippen LogP contribution in [-0.4, -0.2) is 10.2 Å². The summed E-state index contributed by atoms with van der Waals surface area (Å²) in [6.45, 7) is 4.49. The van der Waals surface area contributed by atoms with Crippen LogP contribution in [0.2, 0.25) is 0 Å². The third-order valence-corrected chi connectivity index (χ3v) is 4.23. The zero-order valence-corrected chi connectivity index (χ0v) is 11.9. The SMILES string of the molecule is CC(C)C(Nc1ccc2[nH]ncc2c1)c1cccs1. The third kappa shape index (κ3) is 2.49. The molecule has 19 heavy (non-hydrogen) atoms. The maximum absolute atomic E-state index is 4.06. The van der Waals surface area contributed by atoms with E-state index in [2.05, 4.69) is 65.1 Å². The molecule has 98 valence electrons. The fraction of sp³-hybridized carbons (Fsp3) is 0.267. The maximum atomic E-state index is 4.06. The number of benzene rings is 1. The predicted molar refractivity (Wildman–Crippen MR) is 81.6 cm³/mol. The number of aromatic nitrogens is 2. The van der Waals surface area contributed by atoms with Crippen LogP contribution in [0.5, 0.6) is 0 Å². The summed E-state index contributed by atoms with van der Waals surface area (Å²) in [6, 6.07) is 11.0. The highest BCUT2D eigenvalue weighted by molar-refractivity contribution is 7.10. The molecule has 0 bridgehead atoms. The van der Waals surface area contributed by atoms with Crippen LogP contribution in [0.15, 0.2) is 41.9 Å². The van der Waals surface area contributed by atoms with Crippen molar-refractivity contribution in [1.82, 2.24) is 10.2 Å². The number of rotatable bonds is 4. The predicted octanol–water partition coefficient (Wildman–Crippen LogP) is 4.43. The molecule has 0 aliphatic carbocycles. The van der Waals surface area contributed by atoms with Gasteiger partial charge in [0.2, 0.25) is 0 Å². The molecule has 0 aliphatic rings. The van der Waals surface area contributed by atoms with Crippen molar-refractivity contribution < 1.29 is 0 Å². The van der Waals surface area contributed by atoms with Crippen LogP contribution in [0.1, 0.15) is 24.8 Å². The number of nitrogens with one attached hydrogen (secondary N) is 2. The molecule has 4 heteroatoms. The highest BCUT2D eigenvalue weighted by Crippen LogP contribution is 2.30. The molecule has 2 aromatic heterocycles. The third-order valence-electron chi connectivity index (χ3n) is 3.28. The van der Waals surface area contributed by atoms with Crippen molar-refractivity contribution >= 4 is 27.9 Å². The van der Waals surface area contributed by atoms with Gasteiger partial charge in [-0.1, -0.05) is 19.9 Å². The van der Waals surface area contributed by atoms with E-state index in [1.54, 1.807) is 11.3 Å². The Bertz CT molecular complexity index is 655. The van der Waals surface area contributed by atoms with Crippen LogP contribution in [0, 0.1) is 5.92 Å². The Kier molecular flexibility index (Phi) is 3.25. The van der Waals surface area contributed by atoms with E-state index in [0.717, 1.165) is 16.6 Å². The first-order chi connectivity index (χ1) is 9.24. The standard InChI is InChI=1S/C15H17N3S/c1-10(2)15(14-4-3-7-19-14)17-12-5-6-13-11(8-12)9-16-18-13/h3-10,15,17H,1-2H3,(H,16,18). The van der Waals surface area contributed by atoms with Gasteiger partial charge in [0, 0.05) is 16.0 Å². The van der Waals surface area contributed by atoms with Gasteiger partial charge in [-0.15, -0.1) is 11.3 Å². The molecular formula is C15H17N3S. The van der Waals surface area contributed by atoms with Gasteiger partial charge in [-0.3, -0.25) is 5.10 Å². The number of thiophene rings is 1. The minimum Gasteiger partial charge on any atom is -0.377 e. The average molecular weight is 271 g/mol. The second-order valence-electron chi connectivity index (χ2n) is 5.05. The van der Waals surface area contributed by atoms with Crippen molar-refractivity contribution in [3.63, 3.8) is 0 Å². The van der Waals surface area contributed by atoms with E-state index < -0.39 is 0 Å². The molecule has 0 saturated carbocycles. The van der Waals surface area contributed by atoms with Gasteiger partial charge in [0.25, 0.3) is 0 Å². The van der Waals surface area contributed by atoms with Crippen LogP contribution >= 0.6 is 11.3 Å². The molecule has 0 amide bonds. The first-order valence-corrected chi connectivity index (χ1v) is 7.35. The minimum absolute atomic E-state index is 0.351. The first-order valence-electron chi connectivity index (χ1n) is 6.47. The second-order valence-corrected chi connectivity index (χ2v) is 6.03. The first kappa shape index (κ1) is 12.2. The van der Waals surface area contributed by atoms with Crippen molar-refractivity contribution in [3.8, 4) is 0 Å². The molecule has 3 rings (SSSR count). The fourth-order valence-corrected chi connectivity index (χ4v) is 3.20. The molecule has 2 heterocycles. The largest absolute Gasteiger partial charge is 0.377 e. The van der Waals surface area contributed by atoms with E-state index in [1.165, 1.54) is 4.88 Å². The molecule has 3 aromatic rings. The number of anilines is 1. The summed E-state index contributed by atoms with van der Waals surface area (Å²) in [6.07, 6.45) is 1.86. The van der Waals surface area contributed by atoms with E-state index in [9.17, 15) is 0 Å². The molecule has 0 spiro atoms. The molecule has 1 atom stereocenters. The van der Waals surface area contributed by atoms with Gasteiger partial charge >= 0.3 is 0 Å². The van der Waals surface area contributed by atoms with Crippen molar-refractivity contribution in [3.05, 3.63) is 46.8 Å². The number of hydrogen-bond acceptors (Lipinski definition) is 3. The summed E-state index contributed by atoms with van der Waals surface area (Å²) in [5.74, 6) is 0.540. The lowest BCUT2D eigenvalue weighted by molar-refractivity contribution is 0.554. The van der Waals surface area contributed by atoms with Crippen molar-refractivity contribution in [2.75, 3.05) is 5.32 Å². The van der Waals surface area contributed by atoms with Gasteiger partial charge in [-0.05, 0) is 35.6 Å². The van der Waals surface area contributed by atoms with Crippen molar-refractivity contribution in [1.29, 1.82) is 0 Å². The number of H-pyrrole nitrogens is 1. The fourth-order valence-electron chi connectivity index (χ4n) is 2.25. The molecule has 0 radical (unpaired) electrons. The maximum Gasteiger partial charge on any atom is 0.0651 e. The van der Waals surface area contributed by atoms with Crippen LogP contribution in [0.25, 0.3) is 10.9 Å². The Labute approximate surface area is 116 Å². The molecule has 0 aliphatic heterocycles. The Hall–Kier alpha value is -1.81. The molecule has 2 N–H and O–H groups in total. The number of hydrogen-bond donors (Lipinski definition) is 2. The quantitative estimate of drug-likeness (QED) is 0.736. The summed E-state index contributed by atoms with van der Waals surface area (Å²) in [7, 11) is 0. The van der Waals surface area contributed by atoms with Gasteiger partial charge < -0.3 is 5.32 Å². The van der Waals surface area contributed by atoms with E-state index in [1.807, 2.05) is 6.20 Å². The molecular weight excluding hydrogens is 254 g/mol. The summed E-state index contributed by atoms with van der Waals surface area (Å²) in [5.41, 5.74) is 2.21. The zero-order chi connectivity index (χ0) is 13.2. The highest BCUT2D eigenvalue weighted by atomic mass is 32.1. The van der Waals surface area contributed by atoms with Crippen molar-refractivity contribution in [2.24, 2.45) is 5.92 Å². The molecule has 0 fully saturated rings. The smallest absolute Gasteiger partial charge is 0.0651 e. The van der Waals surface area contributed by atoms with E-state index in [0.29, 0.717) is 12.0 Å². The minimum atomic E-state index is 0.351. The number of nitrogens with zero attached hydrogens (tertiary/aromatic N) is 1. The second kappa shape index (κ2) is 5.05. The van der Waals surface area contributed by atoms with Crippen LogP contribution in [0.3, 0.4) is 0 Å². The van der Waals surface area contributed by atoms with Gasteiger partial charge in [-0.25, -0.2) is 0 Å². The van der Waals surface area contributed by atoms with Crippen LogP contribution < -0.4 is 5.32 Å². The Morgan fingerprint density at radius 1 is 1.26 bits per heavy atom. The Morgan fingerprint density at radius 2 is 2.16 bits per heavy atom. The van der Waals surface area contributed by atoms with Gasteiger partial charge in [0.1, 0.15) is 0 Å². The van der Waals surface area contributed by atoms with Crippen molar-refractivity contribution in [2.45, 2.75) is 19.9 Å². The molecule has 1 aromatic carbocycles.